The molecule has 0 saturated carbocycles. The Hall–Kier alpha value is -3.62. The number of aryl methyl sites for hydroxylation is 2. The monoisotopic (exact) mass is 435 g/mol. The first-order valence-corrected chi connectivity index (χ1v) is 10.9. The predicted octanol–water partition coefficient (Wildman–Crippen LogP) is 3.97. The third kappa shape index (κ3) is 4.03. The van der Waals surface area contributed by atoms with E-state index >= 15 is 0 Å². The lowest BCUT2D eigenvalue weighted by Crippen LogP contribution is -2.14. The van der Waals surface area contributed by atoms with Crippen LogP contribution in [0.2, 0.25) is 0 Å². The van der Waals surface area contributed by atoms with Crippen molar-refractivity contribution in [1.29, 1.82) is 0 Å². The van der Waals surface area contributed by atoms with E-state index in [-0.39, 0.29) is 4.90 Å². The van der Waals surface area contributed by atoms with Crippen LogP contribution in [0.25, 0.3) is 22.2 Å². The molecule has 7 nitrogen and oxygen atoms in total. The highest BCUT2D eigenvalue weighted by molar-refractivity contribution is 7.85. The minimum Gasteiger partial charge on any atom is -0.457 e. The van der Waals surface area contributed by atoms with Crippen molar-refractivity contribution in [2.24, 2.45) is 18.0 Å². The van der Waals surface area contributed by atoms with Gasteiger partial charge in [0.2, 0.25) is 0 Å². The number of ether oxygens (including phenoxy) is 1. The average molecular weight is 436 g/mol. The maximum Gasteiger partial charge on any atom is 0.294 e. The van der Waals surface area contributed by atoms with Crippen LogP contribution < -0.4 is 15.9 Å². The zero-order valence-electron chi connectivity index (χ0n) is 17.0. The normalized spacial score (nSPS) is 12.3. The lowest BCUT2D eigenvalue weighted by atomic mass is 10.1. The number of fused-ring (bicyclic) bond motifs is 1. The van der Waals surface area contributed by atoms with Gasteiger partial charge in [0.25, 0.3) is 10.1 Å². The lowest BCUT2D eigenvalue weighted by molar-refractivity contribution is 0.483. The Balaban J connectivity index is 1.91. The molecular formula is C23H21N3O4S. The molecule has 0 fully saturated rings. The fourth-order valence-corrected chi connectivity index (χ4v) is 3.98. The molecule has 8 heteroatoms. The highest BCUT2D eigenvalue weighted by atomic mass is 32.2. The van der Waals surface area contributed by atoms with Crippen molar-refractivity contribution in [3.8, 4) is 22.8 Å². The lowest BCUT2D eigenvalue weighted by Gasteiger charge is -2.17. The molecule has 0 aliphatic heterocycles. The van der Waals surface area contributed by atoms with Gasteiger partial charge in [0.05, 0.1) is 21.5 Å². The fourth-order valence-electron chi connectivity index (χ4n) is 3.47. The van der Waals surface area contributed by atoms with Crippen molar-refractivity contribution in [3.05, 3.63) is 83.7 Å². The van der Waals surface area contributed by atoms with Gasteiger partial charge in [-0.05, 0) is 55.5 Å². The zero-order chi connectivity index (χ0) is 22.2. The first-order valence-electron chi connectivity index (χ1n) is 9.47. The van der Waals surface area contributed by atoms with Gasteiger partial charge in [-0.3, -0.25) is 4.55 Å². The van der Waals surface area contributed by atoms with Gasteiger partial charge in [0.15, 0.2) is 0 Å². The van der Waals surface area contributed by atoms with Gasteiger partial charge in [0.1, 0.15) is 11.5 Å². The maximum absolute atomic E-state index is 11.6. The topological polar surface area (TPSA) is 107 Å². The van der Waals surface area contributed by atoms with E-state index in [9.17, 15) is 13.0 Å². The third-order valence-corrected chi connectivity index (χ3v) is 5.94. The summed E-state index contributed by atoms with van der Waals surface area (Å²) in [5.74, 6) is 6.98. The average Bonchev–Trinajstić information content (AvgIpc) is 2.75. The van der Waals surface area contributed by atoms with Crippen LogP contribution >= 0.6 is 0 Å². The van der Waals surface area contributed by atoms with Gasteiger partial charge in [-0.15, -0.1) is 0 Å². The smallest absolute Gasteiger partial charge is 0.294 e. The second-order valence-electron chi connectivity index (χ2n) is 7.17. The molecule has 0 bridgehead atoms. The number of nitrogens with two attached hydrogens (primary N) is 1. The Morgan fingerprint density at radius 2 is 1.71 bits per heavy atom. The molecule has 0 unspecified atom stereocenters. The quantitative estimate of drug-likeness (QED) is 0.287. The van der Waals surface area contributed by atoms with Crippen molar-refractivity contribution in [1.82, 2.24) is 4.57 Å². The number of hydrogen-bond donors (Lipinski definition) is 2. The van der Waals surface area contributed by atoms with E-state index in [0.29, 0.717) is 27.8 Å². The van der Waals surface area contributed by atoms with Gasteiger partial charge >= 0.3 is 0 Å². The number of benzene rings is 3. The molecule has 0 saturated heterocycles. The Labute approximate surface area is 179 Å². The molecule has 0 aliphatic rings. The molecular weight excluding hydrogens is 414 g/mol. The summed E-state index contributed by atoms with van der Waals surface area (Å²) in [6, 6.07) is 21.4. The van der Waals surface area contributed by atoms with Crippen LogP contribution in [0.3, 0.4) is 0 Å². The standard InChI is InChI=1S/C23H21N3O4S/c1-15-7-9-16(10-8-15)30-23-6-4-3-5-18(23)22-14-20(25-24)19-13-17(31(27,28)29)11-12-21(19)26(22)2/h3-14H,24H2,1-2H3,(H,27,28,29). The third-order valence-electron chi connectivity index (χ3n) is 5.09. The Kier molecular flexibility index (Phi) is 5.26. The van der Waals surface area contributed by atoms with Crippen molar-refractivity contribution < 1.29 is 17.7 Å². The van der Waals surface area contributed by atoms with E-state index in [4.69, 9.17) is 10.6 Å². The van der Waals surface area contributed by atoms with Gasteiger partial charge in [-0.2, -0.15) is 13.5 Å². The molecule has 3 aromatic carbocycles. The van der Waals surface area contributed by atoms with E-state index in [1.165, 1.54) is 12.1 Å². The molecule has 1 aromatic heterocycles. The van der Waals surface area contributed by atoms with Crippen LogP contribution in [-0.4, -0.2) is 17.5 Å². The minimum absolute atomic E-state index is 0.222. The zero-order valence-corrected chi connectivity index (χ0v) is 17.8. The Morgan fingerprint density at radius 1 is 1.00 bits per heavy atom. The number of hydrogen-bond acceptors (Lipinski definition) is 5. The Morgan fingerprint density at radius 3 is 2.39 bits per heavy atom. The van der Waals surface area contributed by atoms with Crippen LogP contribution in [0.15, 0.2) is 82.8 Å². The first-order chi connectivity index (χ1) is 14.8. The largest absolute Gasteiger partial charge is 0.457 e. The highest BCUT2D eigenvalue weighted by Gasteiger charge is 2.16. The van der Waals surface area contributed by atoms with E-state index in [2.05, 4.69) is 5.10 Å². The number of rotatable bonds is 4. The summed E-state index contributed by atoms with van der Waals surface area (Å²) < 4.78 is 40.5. The summed E-state index contributed by atoms with van der Waals surface area (Å²) in [7, 11) is -2.50. The summed E-state index contributed by atoms with van der Waals surface area (Å²) in [5.41, 5.74) is 3.43. The van der Waals surface area contributed by atoms with E-state index in [1.807, 2.05) is 67.1 Å². The van der Waals surface area contributed by atoms with Crippen molar-refractivity contribution in [2.45, 2.75) is 11.8 Å². The summed E-state index contributed by atoms with van der Waals surface area (Å²) in [6.45, 7) is 2.01. The molecule has 0 spiro atoms. The van der Waals surface area contributed by atoms with Crippen LogP contribution in [0, 0.1) is 6.92 Å². The van der Waals surface area contributed by atoms with E-state index < -0.39 is 10.1 Å². The number of para-hydroxylation sites is 1. The molecule has 0 radical (unpaired) electrons. The summed E-state index contributed by atoms with van der Waals surface area (Å²) in [4.78, 5) is -0.222. The molecule has 1 heterocycles. The van der Waals surface area contributed by atoms with Crippen LogP contribution in [0.4, 0.5) is 0 Å². The van der Waals surface area contributed by atoms with Crippen molar-refractivity contribution in [3.63, 3.8) is 0 Å². The SMILES string of the molecule is Cc1ccc(Oc2ccccc2-c2cc(=NN)c3cc(S(=O)(=O)O)ccc3n2C)cc1. The molecule has 0 atom stereocenters. The Bertz CT molecular complexity index is 1460. The van der Waals surface area contributed by atoms with E-state index in [0.717, 1.165) is 16.8 Å². The van der Waals surface area contributed by atoms with Gasteiger partial charge < -0.3 is 15.1 Å². The second kappa shape index (κ2) is 7.90. The van der Waals surface area contributed by atoms with Gasteiger partial charge in [-0.25, -0.2) is 0 Å². The minimum atomic E-state index is -4.35. The van der Waals surface area contributed by atoms with Crippen molar-refractivity contribution >= 4 is 21.0 Å². The molecule has 158 valence electrons. The van der Waals surface area contributed by atoms with E-state index in [1.54, 1.807) is 12.1 Å². The second-order valence-corrected chi connectivity index (χ2v) is 8.59. The van der Waals surface area contributed by atoms with Gasteiger partial charge in [-0.1, -0.05) is 29.8 Å². The predicted molar refractivity (Wildman–Crippen MR) is 119 cm³/mol. The summed E-state index contributed by atoms with van der Waals surface area (Å²) in [6.07, 6.45) is 0. The highest BCUT2D eigenvalue weighted by Crippen LogP contribution is 2.34. The molecule has 3 N–H and O–H groups in total. The molecule has 0 amide bonds. The number of nitrogens with zero attached hydrogens (tertiary/aromatic N) is 2. The number of pyridine rings is 1. The maximum atomic E-state index is 11.6. The summed E-state index contributed by atoms with van der Waals surface area (Å²) in [5, 5.41) is 4.73. The molecule has 0 aliphatic carbocycles. The molecule has 4 rings (SSSR count). The summed E-state index contributed by atoms with van der Waals surface area (Å²) >= 11 is 0. The first kappa shape index (κ1) is 20.6. The van der Waals surface area contributed by atoms with Crippen LogP contribution in [0.5, 0.6) is 11.5 Å². The number of aromatic nitrogens is 1. The van der Waals surface area contributed by atoms with Crippen molar-refractivity contribution in [2.75, 3.05) is 0 Å². The van der Waals surface area contributed by atoms with Crippen LogP contribution in [0.1, 0.15) is 5.56 Å². The fraction of sp³-hybridized carbons (Fsp3) is 0.0870. The van der Waals surface area contributed by atoms with Crippen LogP contribution in [-0.2, 0) is 17.2 Å². The van der Waals surface area contributed by atoms with Gasteiger partial charge in [0, 0.05) is 18.0 Å². The molecule has 4 aromatic rings. The molecule has 31 heavy (non-hydrogen) atoms.